The summed E-state index contributed by atoms with van der Waals surface area (Å²) in [6, 6.07) is 16.4. The molecule has 3 rings (SSSR count). The van der Waals surface area contributed by atoms with Crippen LogP contribution in [0.25, 0.3) is 0 Å². The molecule has 2 aromatic carbocycles. The summed E-state index contributed by atoms with van der Waals surface area (Å²) in [6.07, 6.45) is 8.16. The number of hydrogen-bond acceptors (Lipinski definition) is 2. The zero-order valence-electron chi connectivity index (χ0n) is 13.4. The molecule has 0 saturated heterocycles. The number of halogens is 1. The zero-order valence-corrected chi connectivity index (χ0v) is 14.2. The van der Waals surface area contributed by atoms with Crippen LogP contribution in [0.15, 0.2) is 48.5 Å². The van der Waals surface area contributed by atoms with Gasteiger partial charge in [-0.2, -0.15) is 0 Å². The van der Waals surface area contributed by atoms with E-state index in [1.165, 1.54) is 44.1 Å². The van der Waals surface area contributed by atoms with E-state index in [0.717, 1.165) is 23.1 Å². The van der Waals surface area contributed by atoms with Gasteiger partial charge in [0.05, 0.1) is 0 Å². The normalized spacial score (nSPS) is 16.0. The first kappa shape index (κ1) is 16.4. The molecule has 0 spiro atoms. The molecule has 1 aliphatic carbocycles. The molecule has 1 fully saturated rings. The van der Waals surface area contributed by atoms with Gasteiger partial charge in [-0.25, -0.2) is 0 Å². The quantitative estimate of drug-likeness (QED) is 0.685. The van der Waals surface area contributed by atoms with Crippen molar-refractivity contribution >= 4 is 11.6 Å². The fraction of sp³-hybridized carbons (Fsp3) is 0.400. The van der Waals surface area contributed by atoms with Crippen LogP contribution < -0.4 is 10.1 Å². The molecule has 0 bridgehead atoms. The zero-order chi connectivity index (χ0) is 15.9. The lowest BCUT2D eigenvalue weighted by Gasteiger charge is -2.16. The van der Waals surface area contributed by atoms with E-state index in [1.807, 2.05) is 36.4 Å². The van der Waals surface area contributed by atoms with Gasteiger partial charge in [-0.05, 0) is 54.8 Å². The minimum atomic E-state index is 0.683. The van der Waals surface area contributed by atoms with Crippen LogP contribution in [0.2, 0.25) is 5.02 Å². The van der Waals surface area contributed by atoms with Crippen LogP contribution in [0.5, 0.6) is 11.5 Å². The lowest BCUT2D eigenvalue weighted by Crippen LogP contribution is -2.27. The van der Waals surface area contributed by atoms with E-state index < -0.39 is 0 Å². The van der Waals surface area contributed by atoms with E-state index in [0.29, 0.717) is 6.04 Å². The average molecular weight is 330 g/mol. The Hall–Kier alpha value is -1.51. The van der Waals surface area contributed by atoms with Crippen molar-refractivity contribution in [3.05, 3.63) is 59.1 Å². The largest absolute Gasteiger partial charge is 0.457 e. The highest BCUT2D eigenvalue weighted by Gasteiger charge is 2.11. The molecule has 0 amide bonds. The monoisotopic (exact) mass is 329 g/mol. The molecule has 1 N–H and O–H groups in total. The summed E-state index contributed by atoms with van der Waals surface area (Å²) in [5.41, 5.74) is 1.30. The topological polar surface area (TPSA) is 21.3 Å². The average Bonchev–Trinajstić information content (AvgIpc) is 2.85. The Labute approximate surface area is 143 Å². The molecule has 0 aliphatic heterocycles. The lowest BCUT2D eigenvalue weighted by molar-refractivity contribution is 0.458. The van der Waals surface area contributed by atoms with Crippen LogP contribution in [-0.2, 0) is 6.54 Å². The van der Waals surface area contributed by atoms with Gasteiger partial charge in [0.2, 0.25) is 0 Å². The first-order valence-corrected chi connectivity index (χ1v) is 8.93. The summed E-state index contributed by atoms with van der Waals surface area (Å²) in [6.45, 7) is 0.936. The second-order valence-corrected chi connectivity index (χ2v) is 6.71. The van der Waals surface area contributed by atoms with Gasteiger partial charge in [-0.3, -0.25) is 0 Å². The van der Waals surface area contributed by atoms with Crippen molar-refractivity contribution in [2.75, 3.05) is 0 Å². The fourth-order valence-electron chi connectivity index (χ4n) is 3.06. The number of ether oxygens (including phenoxy) is 1. The van der Waals surface area contributed by atoms with E-state index in [4.69, 9.17) is 16.3 Å². The molecule has 3 heteroatoms. The maximum atomic E-state index is 5.88. The van der Waals surface area contributed by atoms with Gasteiger partial charge in [0.15, 0.2) is 0 Å². The Balaban J connectivity index is 1.51. The first-order chi connectivity index (χ1) is 11.3. The van der Waals surface area contributed by atoms with E-state index >= 15 is 0 Å². The van der Waals surface area contributed by atoms with Crippen molar-refractivity contribution in [2.24, 2.45) is 0 Å². The number of benzene rings is 2. The van der Waals surface area contributed by atoms with E-state index in [2.05, 4.69) is 17.4 Å². The molecule has 122 valence electrons. The first-order valence-electron chi connectivity index (χ1n) is 8.55. The molecule has 2 aromatic rings. The maximum absolute atomic E-state index is 5.88. The molecule has 0 heterocycles. The molecule has 0 atom stereocenters. The number of rotatable bonds is 5. The molecule has 23 heavy (non-hydrogen) atoms. The van der Waals surface area contributed by atoms with E-state index in [-0.39, 0.29) is 0 Å². The van der Waals surface area contributed by atoms with Gasteiger partial charge in [0.1, 0.15) is 11.5 Å². The third kappa shape index (κ3) is 5.26. The van der Waals surface area contributed by atoms with E-state index in [9.17, 15) is 0 Å². The summed E-state index contributed by atoms with van der Waals surface area (Å²) >= 11 is 5.88. The third-order valence-electron chi connectivity index (χ3n) is 4.42. The highest BCUT2D eigenvalue weighted by molar-refractivity contribution is 6.30. The van der Waals surface area contributed by atoms with Crippen LogP contribution in [0.1, 0.15) is 44.1 Å². The van der Waals surface area contributed by atoms with Crippen LogP contribution in [0.4, 0.5) is 0 Å². The van der Waals surface area contributed by atoms with Gasteiger partial charge < -0.3 is 10.1 Å². The Kier molecular flexibility index (Phi) is 5.95. The van der Waals surface area contributed by atoms with Gasteiger partial charge >= 0.3 is 0 Å². The second kappa shape index (κ2) is 8.37. The Bertz CT molecular complexity index is 586. The molecular weight excluding hydrogens is 306 g/mol. The highest BCUT2D eigenvalue weighted by Crippen LogP contribution is 2.23. The summed E-state index contributed by atoms with van der Waals surface area (Å²) in [7, 11) is 0. The molecular formula is C20H24ClNO. The van der Waals surface area contributed by atoms with Crippen molar-refractivity contribution < 1.29 is 4.74 Å². The van der Waals surface area contributed by atoms with Crippen molar-refractivity contribution in [1.82, 2.24) is 5.32 Å². The van der Waals surface area contributed by atoms with Gasteiger partial charge in [0, 0.05) is 17.6 Å². The van der Waals surface area contributed by atoms with Gasteiger partial charge in [0.25, 0.3) is 0 Å². The lowest BCUT2D eigenvalue weighted by atomic mass is 10.1. The smallest absolute Gasteiger partial charge is 0.127 e. The molecule has 0 aromatic heterocycles. The third-order valence-corrected chi connectivity index (χ3v) is 4.67. The Morgan fingerprint density at radius 2 is 1.39 bits per heavy atom. The molecule has 0 radical (unpaired) electrons. The minimum absolute atomic E-state index is 0.683. The maximum Gasteiger partial charge on any atom is 0.127 e. The van der Waals surface area contributed by atoms with Crippen LogP contribution in [0.3, 0.4) is 0 Å². The van der Waals surface area contributed by atoms with Crippen molar-refractivity contribution in [2.45, 2.75) is 51.1 Å². The Morgan fingerprint density at radius 1 is 0.826 bits per heavy atom. The molecule has 1 saturated carbocycles. The fourth-order valence-corrected chi connectivity index (χ4v) is 3.19. The van der Waals surface area contributed by atoms with Crippen LogP contribution in [0, 0.1) is 0 Å². The summed E-state index contributed by atoms with van der Waals surface area (Å²) in [5.74, 6) is 1.66. The van der Waals surface area contributed by atoms with Crippen molar-refractivity contribution in [3.63, 3.8) is 0 Å². The van der Waals surface area contributed by atoms with Gasteiger partial charge in [-0.1, -0.05) is 49.4 Å². The van der Waals surface area contributed by atoms with Crippen molar-refractivity contribution in [3.8, 4) is 11.5 Å². The highest BCUT2D eigenvalue weighted by atomic mass is 35.5. The second-order valence-electron chi connectivity index (χ2n) is 6.27. The standard InChI is InChI=1S/C20H24ClNO/c21-17-9-13-20(14-10-17)23-19-11-7-16(8-12-19)15-22-18-5-3-1-2-4-6-18/h7-14,18,22H,1-6,15H2. The number of hydrogen-bond donors (Lipinski definition) is 1. The van der Waals surface area contributed by atoms with Crippen LogP contribution in [-0.4, -0.2) is 6.04 Å². The molecule has 1 aliphatic rings. The SMILES string of the molecule is Clc1ccc(Oc2ccc(CNC3CCCCCC3)cc2)cc1. The predicted molar refractivity (Wildman–Crippen MR) is 96.3 cm³/mol. The molecule has 0 unspecified atom stereocenters. The van der Waals surface area contributed by atoms with Crippen LogP contribution >= 0.6 is 11.6 Å². The number of nitrogens with one attached hydrogen (secondary N) is 1. The van der Waals surface area contributed by atoms with Crippen molar-refractivity contribution in [1.29, 1.82) is 0 Å². The summed E-state index contributed by atoms with van der Waals surface area (Å²) < 4.78 is 5.82. The minimum Gasteiger partial charge on any atom is -0.457 e. The Morgan fingerprint density at radius 3 is 2.00 bits per heavy atom. The summed E-state index contributed by atoms with van der Waals surface area (Å²) in [5, 5.41) is 4.42. The summed E-state index contributed by atoms with van der Waals surface area (Å²) in [4.78, 5) is 0. The predicted octanol–water partition coefficient (Wildman–Crippen LogP) is 5.94. The van der Waals surface area contributed by atoms with E-state index in [1.54, 1.807) is 0 Å². The van der Waals surface area contributed by atoms with Gasteiger partial charge in [-0.15, -0.1) is 0 Å². The molecule has 2 nitrogen and oxygen atoms in total.